The molecule has 2 aromatic carbocycles. The Bertz CT molecular complexity index is 2240. The summed E-state index contributed by atoms with van der Waals surface area (Å²) in [4.78, 5) is 54.9. The summed E-state index contributed by atoms with van der Waals surface area (Å²) in [6.45, 7) is 9.89. The third-order valence-electron chi connectivity index (χ3n) is 11.2. The second-order valence-electron chi connectivity index (χ2n) is 15.2. The predicted molar refractivity (Wildman–Crippen MR) is 225 cm³/mol. The van der Waals surface area contributed by atoms with E-state index in [4.69, 9.17) is 10.2 Å². The smallest absolute Gasteiger partial charge is 0.314 e. The molecule has 2 N–H and O–H groups in total. The molecule has 0 bridgehead atoms. The first-order chi connectivity index (χ1) is 30.0. The Morgan fingerprint density at radius 1 is 0.726 bits per heavy atom. The number of hydrogen-bond acceptors (Lipinski definition) is 11. The van der Waals surface area contributed by atoms with Crippen LogP contribution in [0, 0.1) is 23.5 Å². The molecule has 0 aliphatic carbocycles. The first-order valence-corrected chi connectivity index (χ1v) is 20.8. The maximum atomic E-state index is 13.9. The SMILES string of the molecule is CCN1CCC(C(=O)N(Cc2ccc(-c3nnc(C(F)F)o3)cn2)c2cccc(F)c2)CC1.CCN1CCC(C(=O)N(Cc2ccc(C(=O)CN)cn2)c2cccc(F)c2)CC1. The highest BCUT2D eigenvalue weighted by molar-refractivity contribution is 5.97. The molecular formula is C45H51F4N9O4. The number of nitrogens with two attached hydrogens (primary N) is 1. The zero-order chi connectivity index (χ0) is 44.2. The largest absolute Gasteiger partial charge is 0.415 e. The number of alkyl halides is 2. The van der Waals surface area contributed by atoms with Crippen LogP contribution in [0.3, 0.4) is 0 Å². The van der Waals surface area contributed by atoms with Crippen molar-refractivity contribution in [3.8, 4) is 11.5 Å². The highest BCUT2D eigenvalue weighted by Crippen LogP contribution is 2.28. The lowest BCUT2D eigenvalue weighted by molar-refractivity contribution is -0.124. The van der Waals surface area contributed by atoms with Crippen molar-refractivity contribution in [2.75, 3.05) is 55.6 Å². The van der Waals surface area contributed by atoms with Crippen LogP contribution in [0.1, 0.15) is 73.6 Å². The van der Waals surface area contributed by atoms with Gasteiger partial charge in [0.15, 0.2) is 5.78 Å². The number of likely N-dealkylation sites (tertiary alicyclic amines) is 2. The fourth-order valence-electron chi connectivity index (χ4n) is 7.52. The lowest BCUT2D eigenvalue weighted by atomic mass is 9.95. The van der Waals surface area contributed by atoms with Crippen LogP contribution >= 0.6 is 0 Å². The van der Waals surface area contributed by atoms with Gasteiger partial charge in [-0.2, -0.15) is 8.78 Å². The lowest BCUT2D eigenvalue weighted by Crippen LogP contribution is -2.42. The summed E-state index contributed by atoms with van der Waals surface area (Å²) in [5, 5.41) is 6.92. The molecule has 0 spiro atoms. The van der Waals surface area contributed by atoms with Gasteiger partial charge >= 0.3 is 6.43 Å². The number of halogens is 4. The zero-order valence-corrected chi connectivity index (χ0v) is 34.8. The number of hydrogen-bond donors (Lipinski definition) is 1. The summed E-state index contributed by atoms with van der Waals surface area (Å²) in [5.74, 6) is -2.17. The van der Waals surface area contributed by atoms with Gasteiger partial charge in [-0.25, -0.2) is 8.78 Å². The molecule has 328 valence electrons. The molecule has 62 heavy (non-hydrogen) atoms. The van der Waals surface area contributed by atoms with E-state index in [1.807, 2.05) is 0 Å². The standard InChI is InChI=1S/C23H24F3N5O2.C22H27FN4O2/c1-2-30-10-8-15(9-11-30)23(32)31(19-5-3-4-17(24)12-19)14-18-7-6-16(13-27-18)21-28-29-22(33-21)20(25)26;1-2-26-10-8-16(9-11-26)22(29)27(20-5-3-4-18(23)12-20)15-19-7-6-17(14-25-19)21(28)13-24/h3-7,12-13,15,20H,2,8-11,14H2,1H3;3-7,12,14,16H,2,8-11,13,15,24H2,1H3. The molecule has 17 heteroatoms. The average molecular weight is 858 g/mol. The molecule has 0 atom stereocenters. The fraction of sp³-hybridized carbons (Fsp3) is 0.400. The highest BCUT2D eigenvalue weighted by atomic mass is 19.3. The van der Waals surface area contributed by atoms with Crippen LogP contribution in [0.15, 0.2) is 89.6 Å². The molecule has 0 radical (unpaired) electrons. The maximum Gasteiger partial charge on any atom is 0.314 e. The molecule has 5 aromatic rings. The number of carbonyl (C=O) groups excluding carboxylic acids is 3. The quantitative estimate of drug-likeness (QED) is 0.0899. The van der Waals surface area contributed by atoms with Crippen LogP contribution in [0.2, 0.25) is 0 Å². The molecule has 2 aliphatic heterocycles. The number of ketones is 1. The van der Waals surface area contributed by atoms with E-state index in [1.54, 1.807) is 58.3 Å². The van der Waals surface area contributed by atoms with Crippen LogP contribution in [-0.4, -0.2) is 93.4 Å². The van der Waals surface area contributed by atoms with Crippen LogP contribution in [0.25, 0.3) is 11.5 Å². The third kappa shape index (κ3) is 11.9. The zero-order valence-electron chi connectivity index (χ0n) is 34.8. The fourth-order valence-corrected chi connectivity index (χ4v) is 7.52. The Balaban J connectivity index is 0.000000209. The van der Waals surface area contributed by atoms with E-state index >= 15 is 0 Å². The van der Waals surface area contributed by atoms with Gasteiger partial charge in [-0.15, -0.1) is 10.2 Å². The molecule has 2 amide bonds. The average Bonchev–Trinajstić information content (AvgIpc) is 3.81. The van der Waals surface area contributed by atoms with Crippen molar-refractivity contribution >= 4 is 29.0 Å². The number of aromatic nitrogens is 4. The van der Waals surface area contributed by atoms with Gasteiger partial charge in [-0.3, -0.25) is 24.4 Å². The Hall–Kier alpha value is -5.91. The minimum absolute atomic E-state index is 0.0183. The molecule has 0 saturated carbocycles. The van der Waals surface area contributed by atoms with Crippen molar-refractivity contribution in [1.82, 2.24) is 30.0 Å². The minimum atomic E-state index is -2.85. The predicted octanol–water partition coefficient (Wildman–Crippen LogP) is 7.10. The number of pyridine rings is 2. The van der Waals surface area contributed by atoms with Crippen molar-refractivity contribution in [2.45, 2.75) is 59.0 Å². The van der Waals surface area contributed by atoms with E-state index in [0.717, 1.165) is 65.0 Å². The molecule has 3 aromatic heterocycles. The highest BCUT2D eigenvalue weighted by Gasteiger charge is 2.31. The van der Waals surface area contributed by atoms with Gasteiger partial charge < -0.3 is 29.8 Å². The second kappa shape index (κ2) is 21.7. The Labute approximate surface area is 357 Å². The lowest BCUT2D eigenvalue weighted by Gasteiger charge is -2.33. The number of piperidine rings is 2. The van der Waals surface area contributed by atoms with Crippen molar-refractivity contribution in [2.24, 2.45) is 17.6 Å². The van der Waals surface area contributed by atoms with Crippen molar-refractivity contribution < 1.29 is 36.4 Å². The van der Waals surface area contributed by atoms with Crippen LogP contribution in [0.5, 0.6) is 0 Å². The molecule has 2 fully saturated rings. The minimum Gasteiger partial charge on any atom is -0.415 e. The van der Waals surface area contributed by atoms with E-state index in [-0.39, 0.29) is 55.0 Å². The van der Waals surface area contributed by atoms with Gasteiger partial charge in [0.25, 0.3) is 5.89 Å². The molecular weight excluding hydrogens is 807 g/mol. The van der Waals surface area contributed by atoms with E-state index in [9.17, 15) is 31.9 Å². The van der Waals surface area contributed by atoms with Crippen molar-refractivity contribution in [1.29, 1.82) is 0 Å². The number of rotatable bonds is 14. The molecule has 7 rings (SSSR count). The normalized spacial score (nSPS) is 15.2. The van der Waals surface area contributed by atoms with Crippen molar-refractivity contribution in [3.63, 3.8) is 0 Å². The Morgan fingerprint density at radius 2 is 1.23 bits per heavy atom. The van der Waals surface area contributed by atoms with E-state index < -0.39 is 24.0 Å². The summed E-state index contributed by atoms with van der Waals surface area (Å²) in [6, 6.07) is 18.6. The second-order valence-corrected chi connectivity index (χ2v) is 15.2. The van der Waals surface area contributed by atoms with Crippen LogP contribution < -0.4 is 15.5 Å². The maximum absolute atomic E-state index is 13.9. The summed E-state index contributed by atoms with van der Waals surface area (Å²) >= 11 is 0. The molecule has 13 nitrogen and oxygen atoms in total. The topological polar surface area (TPSA) is 155 Å². The first kappa shape index (κ1) is 45.6. The van der Waals surface area contributed by atoms with Crippen LogP contribution in [0.4, 0.5) is 28.9 Å². The molecule has 2 aliphatic rings. The number of carbonyl (C=O) groups is 3. The summed E-state index contributed by atoms with van der Waals surface area (Å²) in [5.41, 5.74) is 8.36. The van der Waals surface area contributed by atoms with Crippen LogP contribution in [-0.2, 0) is 22.7 Å². The summed E-state index contributed by atoms with van der Waals surface area (Å²) < 4.78 is 58.1. The van der Waals surface area contributed by atoms with Gasteiger partial charge in [0.05, 0.1) is 36.6 Å². The number of nitrogens with zero attached hydrogens (tertiary/aromatic N) is 8. The molecule has 5 heterocycles. The number of Topliss-reactive ketones (excluding diaryl/α,β-unsaturated/α-hetero) is 1. The summed E-state index contributed by atoms with van der Waals surface area (Å²) in [6.07, 6.45) is 3.10. The third-order valence-corrected chi connectivity index (χ3v) is 11.2. The Morgan fingerprint density at radius 3 is 1.61 bits per heavy atom. The monoisotopic (exact) mass is 857 g/mol. The van der Waals surface area contributed by atoms with Gasteiger partial charge in [-0.05, 0) is 126 Å². The Kier molecular flexibility index (Phi) is 16.0. The molecule has 2 saturated heterocycles. The number of benzene rings is 2. The van der Waals surface area contributed by atoms with E-state index in [1.165, 1.54) is 36.7 Å². The molecule has 0 unspecified atom stereocenters. The van der Waals surface area contributed by atoms with E-state index in [0.29, 0.717) is 33.9 Å². The van der Waals surface area contributed by atoms with E-state index in [2.05, 4.69) is 43.8 Å². The number of amides is 2. The van der Waals surface area contributed by atoms with Gasteiger partial charge in [0.2, 0.25) is 17.7 Å². The first-order valence-electron chi connectivity index (χ1n) is 20.8. The van der Waals surface area contributed by atoms with Gasteiger partial charge in [0.1, 0.15) is 11.6 Å². The number of anilines is 2. The van der Waals surface area contributed by atoms with Crippen molar-refractivity contribution in [3.05, 3.63) is 120 Å². The van der Waals surface area contributed by atoms with Gasteiger partial charge in [0, 0.05) is 41.2 Å². The van der Waals surface area contributed by atoms with Gasteiger partial charge in [-0.1, -0.05) is 26.0 Å². The summed E-state index contributed by atoms with van der Waals surface area (Å²) in [7, 11) is 0.